The predicted octanol–water partition coefficient (Wildman–Crippen LogP) is 3.10. The number of alkyl halides is 1. The van der Waals surface area contributed by atoms with E-state index in [1.165, 1.54) is 0 Å². The van der Waals surface area contributed by atoms with Gasteiger partial charge in [-0.1, -0.05) is 28.5 Å². The van der Waals surface area contributed by atoms with E-state index in [9.17, 15) is 0 Å². The van der Waals surface area contributed by atoms with Gasteiger partial charge in [0.05, 0.1) is 0 Å². The van der Waals surface area contributed by atoms with Crippen molar-refractivity contribution in [3.05, 3.63) is 6.42 Å². The molecular formula is C5H6Br2IMg. The first kappa shape index (κ1) is 13.6. The molecule has 0 saturated carbocycles. The van der Waals surface area contributed by atoms with Gasteiger partial charge in [-0.3, -0.25) is 25.8 Å². The van der Waals surface area contributed by atoms with Gasteiger partial charge >= 0.3 is 16.0 Å². The molecule has 0 aromatic rings. The summed E-state index contributed by atoms with van der Waals surface area (Å²) in [4.78, 5) is 0. The fourth-order valence-electron chi connectivity index (χ4n) is 0.155. The van der Waals surface area contributed by atoms with Crippen molar-refractivity contribution < 1.29 is 0 Å². The van der Waals surface area contributed by atoms with Gasteiger partial charge in [0.1, 0.15) is 0 Å². The molecule has 0 rings (SSSR count). The summed E-state index contributed by atoms with van der Waals surface area (Å²) >= 11 is 8.73. The van der Waals surface area contributed by atoms with Gasteiger partial charge in [0.2, 0.25) is 0 Å². The Morgan fingerprint density at radius 1 is 1.56 bits per heavy atom. The van der Waals surface area contributed by atoms with Gasteiger partial charge < -0.3 is 0 Å². The summed E-state index contributed by atoms with van der Waals surface area (Å²) in [6.07, 6.45) is 8.38. The summed E-state index contributed by atoms with van der Waals surface area (Å²) in [6, 6.07) is 0. The standard InChI is InChI=1S/C5H6I.2BrH.Mg/c1-2-3-4-5-6;;;/h3-5H2;2*1H;/q;;;+2/p-2. The molecule has 0 amide bonds. The fraction of sp³-hybridized carbons (Fsp3) is 0.600. The van der Waals surface area contributed by atoms with Gasteiger partial charge in [-0.05, 0) is 12.8 Å². The van der Waals surface area contributed by atoms with Crippen LogP contribution in [0, 0.1) is 12.3 Å². The number of hydrogen-bond donors (Lipinski definition) is 0. The molecule has 0 aromatic heterocycles. The zero-order chi connectivity index (χ0) is 7.54. The minimum atomic E-state index is 0.0417. The van der Waals surface area contributed by atoms with Gasteiger partial charge in [-0.25, -0.2) is 0 Å². The third-order valence-corrected chi connectivity index (χ3v) is 1.20. The monoisotopic (exact) mass is 375 g/mol. The number of hydrogen-bond acceptors (Lipinski definition) is 0. The molecular weight excluding hydrogens is 371 g/mol. The third-order valence-electron chi connectivity index (χ3n) is 0.435. The molecule has 0 aliphatic rings. The highest BCUT2D eigenvalue weighted by atomic mass is 127. The van der Waals surface area contributed by atoms with E-state index in [4.69, 9.17) is 6.42 Å². The SMILES string of the molecule is [Br][Mg][Br].[C]#CCCCI. The lowest BCUT2D eigenvalue weighted by Gasteiger charge is -1.77. The fourth-order valence-corrected chi connectivity index (χ4v) is 0.537. The first-order valence-electron chi connectivity index (χ1n) is 2.41. The van der Waals surface area contributed by atoms with E-state index in [0.29, 0.717) is 0 Å². The average Bonchev–Trinajstić information content (AvgIpc) is 1.86. The van der Waals surface area contributed by atoms with E-state index in [1.54, 1.807) is 0 Å². The minimum absolute atomic E-state index is 0.0417. The van der Waals surface area contributed by atoms with Crippen LogP contribution < -0.4 is 0 Å². The zero-order valence-corrected chi connectivity index (χ0v) is 11.7. The Labute approximate surface area is 92.5 Å². The molecule has 0 aliphatic carbocycles. The highest BCUT2D eigenvalue weighted by Crippen LogP contribution is 1.90. The number of rotatable bonds is 2. The van der Waals surface area contributed by atoms with E-state index in [0.717, 1.165) is 17.3 Å². The lowest BCUT2D eigenvalue weighted by molar-refractivity contribution is 1.01. The van der Waals surface area contributed by atoms with Crippen molar-refractivity contribution in [3.8, 4) is 5.92 Å². The Morgan fingerprint density at radius 2 is 2.00 bits per heavy atom. The summed E-state index contributed by atoms with van der Waals surface area (Å²) in [5, 5.41) is 0. The first-order chi connectivity index (χ1) is 4.33. The van der Waals surface area contributed by atoms with Crippen molar-refractivity contribution in [3.63, 3.8) is 0 Å². The van der Waals surface area contributed by atoms with Crippen molar-refractivity contribution in [1.29, 1.82) is 0 Å². The minimum Gasteiger partial charge on any atom is -0.280 e. The molecule has 0 unspecified atom stereocenters. The summed E-state index contributed by atoms with van der Waals surface area (Å²) in [6.45, 7) is 0. The van der Waals surface area contributed by atoms with Crippen molar-refractivity contribution >= 4 is 64.4 Å². The van der Waals surface area contributed by atoms with Crippen LogP contribution in [-0.4, -0.2) is 20.4 Å². The molecule has 0 aliphatic heterocycles. The molecule has 0 N–H and O–H groups in total. The number of halogens is 3. The second-order valence-electron chi connectivity index (χ2n) is 1.07. The Morgan fingerprint density at radius 3 is 2.11 bits per heavy atom. The largest absolute Gasteiger partial charge is 0.560 e. The summed E-state index contributed by atoms with van der Waals surface area (Å²) in [7, 11) is 0. The van der Waals surface area contributed by atoms with Crippen LogP contribution >= 0.6 is 48.4 Å². The van der Waals surface area contributed by atoms with Crippen LogP contribution in [0.1, 0.15) is 12.8 Å². The van der Waals surface area contributed by atoms with Gasteiger partial charge in [0.15, 0.2) is 0 Å². The normalized spacial score (nSPS) is 6.00. The molecule has 49 valence electrons. The molecule has 0 spiro atoms. The van der Waals surface area contributed by atoms with E-state index in [1.807, 2.05) is 0 Å². The maximum absolute atomic E-state index is 6.45. The van der Waals surface area contributed by atoms with E-state index in [-0.39, 0.29) is 16.0 Å². The molecule has 0 bridgehead atoms. The lowest BCUT2D eigenvalue weighted by atomic mass is 10.4. The highest BCUT2D eigenvalue weighted by molar-refractivity contribution is 14.1. The lowest BCUT2D eigenvalue weighted by Crippen LogP contribution is -1.67. The number of unbranched alkanes of at least 4 members (excludes halogenated alkanes) is 1. The van der Waals surface area contributed by atoms with Crippen LogP contribution in [0.4, 0.5) is 0 Å². The van der Waals surface area contributed by atoms with Crippen molar-refractivity contribution in [2.45, 2.75) is 12.8 Å². The van der Waals surface area contributed by atoms with Crippen LogP contribution in [-0.2, 0) is 0 Å². The maximum atomic E-state index is 6.45. The predicted molar refractivity (Wildman–Crippen MR) is 58.9 cm³/mol. The summed E-state index contributed by atoms with van der Waals surface area (Å²) < 4.78 is 1.14. The van der Waals surface area contributed by atoms with Crippen molar-refractivity contribution in [1.82, 2.24) is 0 Å². The van der Waals surface area contributed by atoms with Crippen molar-refractivity contribution in [2.24, 2.45) is 0 Å². The van der Waals surface area contributed by atoms with E-state index >= 15 is 0 Å². The smallest absolute Gasteiger partial charge is 0.280 e. The van der Waals surface area contributed by atoms with Gasteiger partial charge in [-0.2, -0.15) is 0 Å². The highest BCUT2D eigenvalue weighted by Gasteiger charge is 1.73. The molecule has 4 heteroatoms. The molecule has 0 saturated heterocycles. The Hall–Kier alpha value is 2.02. The molecule has 0 nitrogen and oxygen atoms in total. The quantitative estimate of drug-likeness (QED) is 0.228. The average molecular weight is 377 g/mol. The molecule has 9 heavy (non-hydrogen) atoms. The Balaban J connectivity index is 0. The second-order valence-corrected chi connectivity index (χ2v) is 10.2. The van der Waals surface area contributed by atoms with Crippen LogP contribution in [0.5, 0.6) is 0 Å². The molecule has 0 aromatic carbocycles. The van der Waals surface area contributed by atoms with E-state index < -0.39 is 0 Å². The summed E-state index contributed by atoms with van der Waals surface area (Å²) in [5.74, 6) is 2.31. The van der Waals surface area contributed by atoms with Crippen LogP contribution in [0.15, 0.2) is 0 Å². The van der Waals surface area contributed by atoms with Gasteiger partial charge in [0.25, 0.3) is 0 Å². The maximum Gasteiger partial charge on any atom is 0.560 e. The molecule has 0 fully saturated rings. The summed E-state index contributed by atoms with van der Waals surface area (Å²) in [5.41, 5.74) is 0. The second kappa shape index (κ2) is 16.5. The van der Waals surface area contributed by atoms with Crippen molar-refractivity contribution in [2.75, 3.05) is 4.43 Å². The van der Waals surface area contributed by atoms with E-state index in [2.05, 4.69) is 54.3 Å². The third kappa shape index (κ3) is 25.6. The van der Waals surface area contributed by atoms with Crippen LogP contribution in [0.25, 0.3) is 0 Å². The molecule has 0 heterocycles. The van der Waals surface area contributed by atoms with Crippen LogP contribution in [0.3, 0.4) is 0 Å². The van der Waals surface area contributed by atoms with Crippen LogP contribution in [0.2, 0.25) is 0 Å². The Bertz CT molecular complexity index is 71.8. The van der Waals surface area contributed by atoms with Gasteiger partial charge in [-0.15, -0.1) is 0 Å². The zero-order valence-electron chi connectivity index (χ0n) is 4.96. The topological polar surface area (TPSA) is 0 Å². The van der Waals surface area contributed by atoms with Gasteiger partial charge in [0, 0.05) is 10.8 Å². The first-order valence-corrected chi connectivity index (χ1v) is 11.7. The molecule has 0 atom stereocenters. The Kier molecular flexibility index (Phi) is 25.0. The molecule has 1 radical (unpaired) electrons.